The van der Waals surface area contributed by atoms with Crippen molar-refractivity contribution in [2.75, 3.05) is 13.6 Å². The van der Waals surface area contributed by atoms with E-state index < -0.39 is 0 Å². The number of hydrogen-bond acceptors (Lipinski definition) is 4. The highest BCUT2D eigenvalue weighted by molar-refractivity contribution is 5.94. The summed E-state index contributed by atoms with van der Waals surface area (Å²) < 4.78 is 1.76. The van der Waals surface area contributed by atoms with E-state index in [0.717, 1.165) is 5.56 Å². The number of carbonyl (C=O) groups excluding carboxylic acids is 2. The lowest BCUT2D eigenvalue weighted by molar-refractivity contribution is 0.0706. The Hall–Kier alpha value is -2.70. The van der Waals surface area contributed by atoms with Gasteiger partial charge in [0.2, 0.25) is 5.82 Å². The van der Waals surface area contributed by atoms with Crippen LogP contribution in [0.15, 0.2) is 24.3 Å². The molecule has 1 aliphatic rings. The number of fused-ring (bicyclic) bond motifs is 1. The fraction of sp³-hybridized carbons (Fsp3) is 0.333. The molecule has 1 aromatic carbocycles. The summed E-state index contributed by atoms with van der Waals surface area (Å²) in [4.78, 5) is 26.0. The predicted octanol–water partition coefficient (Wildman–Crippen LogP) is 0.602. The number of nitrogens with one attached hydrogen (secondary N) is 1. The summed E-state index contributed by atoms with van der Waals surface area (Å²) in [6, 6.07) is 7.51. The zero-order valence-electron chi connectivity index (χ0n) is 12.5. The molecule has 2 heterocycles. The van der Waals surface area contributed by atoms with E-state index in [1.807, 2.05) is 31.2 Å². The molecule has 2 amide bonds. The molecule has 7 nitrogen and oxygen atoms in total. The number of aryl methyl sites for hydroxylation is 1. The number of carbonyl (C=O) groups is 2. The molecule has 3 rings (SSSR count). The minimum Gasteiger partial charge on any atom is -0.352 e. The van der Waals surface area contributed by atoms with Gasteiger partial charge in [-0.2, -0.15) is 0 Å². The number of benzene rings is 1. The minimum absolute atomic E-state index is 0.0283. The van der Waals surface area contributed by atoms with Gasteiger partial charge in [0.1, 0.15) is 0 Å². The zero-order chi connectivity index (χ0) is 15.7. The van der Waals surface area contributed by atoms with Gasteiger partial charge in [0.25, 0.3) is 11.8 Å². The van der Waals surface area contributed by atoms with Crippen LogP contribution >= 0.6 is 0 Å². The van der Waals surface area contributed by atoms with Crippen LogP contribution in [0.1, 0.15) is 32.4 Å². The molecule has 1 aromatic heterocycles. The largest absolute Gasteiger partial charge is 0.352 e. The lowest BCUT2D eigenvalue weighted by Crippen LogP contribution is -2.39. The molecule has 0 spiro atoms. The highest BCUT2D eigenvalue weighted by Crippen LogP contribution is 2.16. The number of hydrogen-bond donors (Lipinski definition) is 1. The van der Waals surface area contributed by atoms with Gasteiger partial charge in [-0.05, 0) is 19.1 Å². The maximum Gasteiger partial charge on any atom is 0.288 e. The molecular weight excluding hydrogens is 282 g/mol. The number of nitrogens with zero attached hydrogens (tertiary/aromatic N) is 4. The van der Waals surface area contributed by atoms with E-state index >= 15 is 0 Å². The Morgan fingerprint density at radius 3 is 2.77 bits per heavy atom. The van der Waals surface area contributed by atoms with E-state index in [1.165, 1.54) is 0 Å². The molecule has 0 atom stereocenters. The standard InChI is InChI=1S/C15H17N5O2/c1-10-4-3-5-11(8-10)15(22)19-6-7-20-12(9-19)17-18-13(20)14(21)16-2/h3-5,8H,6-7,9H2,1-2H3,(H,16,21). The molecule has 1 aliphatic heterocycles. The Labute approximate surface area is 127 Å². The van der Waals surface area contributed by atoms with Crippen LogP contribution in [-0.4, -0.2) is 45.1 Å². The van der Waals surface area contributed by atoms with Crippen molar-refractivity contribution in [1.82, 2.24) is 25.0 Å². The van der Waals surface area contributed by atoms with Crippen LogP contribution in [0.25, 0.3) is 0 Å². The molecule has 0 unspecified atom stereocenters. The maximum atomic E-state index is 12.5. The summed E-state index contributed by atoms with van der Waals surface area (Å²) in [5.74, 6) is 0.627. The summed E-state index contributed by atoms with van der Waals surface area (Å²) in [5.41, 5.74) is 1.72. The minimum atomic E-state index is -0.266. The Morgan fingerprint density at radius 2 is 2.05 bits per heavy atom. The van der Waals surface area contributed by atoms with E-state index in [1.54, 1.807) is 16.5 Å². The third-order valence-corrected chi connectivity index (χ3v) is 3.74. The zero-order valence-corrected chi connectivity index (χ0v) is 12.5. The van der Waals surface area contributed by atoms with Crippen molar-refractivity contribution in [1.29, 1.82) is 0 Å². The van der Waals surface area contributed by atoms with Gasteiger partial charge >= 0.3 is 0 Å². The first kappa shape index (κ1) is 14.2. The van der Waals surface area contributed by atoms with Crippen LogP contribution in [0, 0.1) is 6.92 Å². The average molecular weight is 299 g/mol. The van der Waals surface area contributed by atoms with Gasteiger partial charge in [-0.15, -0.1) is 10.2 Å². The summed E-state index contributed by atoms with van der Waals surface area (Å²) in [7, 11) is 1.56. The summed E-state index contributed by atoms with van der Waals surface area (Å²) >= 11 is 0. The van der Waals surface area contributed by atoms with Gasteiger partial charge in [0.15, 0.2) is 5.82 Å². The topological polar surface area (TPSA) is 80.1 Å². The fourth-order valence-corrected chi connectivity index (χ4v) is 2.57. The van der Waals surface area contributed by atoms with Crippen LogP contribution < -0.4 is 5.32 Å². The second kappa shape index (κ2) is 5.59. The second-order valence-electron chi connectivity index (χ2n) is 5.27. The fourth-order valence-electron chi connectivity index (χ4n) is 2.57. The van der Waals surface area contributed by atoms with Crippen LogP contribution in [0.2, 0.25) is 0 Å². The number of aromatic nitrogens is 3. The third kappa shape index (κ3) is 2.45. The van der Waals surface area contributed by atoms with Crippen LogP contribution in [-0.2, 0) is 13.1 Å². The molecule has 0 radical (unpaired) electrons. The van der Waals surface area contributed by atoms with Crippen molar-refractivity contribution in [3.8, 4) is 0 Å². The van der Waals surface area contributed by atoms with Gasteiger partial charge in [-0.1, -0.05) is 17.7 Å². The lowest BCUT2D eigenvalue weighted by Gasteiger charge is -2.27. The smallest absolute Gasteiger partial charge is 0.288 e. The maximum absolute atomic E-state index is 12.5. The third-order valence-electron chi connectivity index (χ3n) is 3.74. The molecular formula is C15H17N5O2. The normalized spacial score (nSPS) is 13.6. The van der Waals surface area contributed by atoms with Crippen molar-refractivity contribution < 1.29 is 9.59 Å². The van der Waals surface area contributed by atoms with E-state index in [0.29, 0.717) is 36.8 Å². The van der Waals surface area contributed by atoms with Crippen molar-refractivity contribution in [3.63, 3.8) is 0 Å². The van der Waals surface area contributed by atoms with Crippen molar-refractivity contribution in [3.05, 3.63) is 47.0 Å². The molecule has 22 heavy (non-hydrogen) atoms. The highest BCUT2D eigenvalue weighted by atomic mass is 16.2. The SMILES string of the molecule is CNC(=O)c1nnc2n1CCN(C(=O)c1cccc(C)c1)C2. The molecule has 0 fully saturated rings. The molecule has 114 valence electrons. The Balaban J connectivity index is 1.81. The number of rotatable bonds is 2. The Kier molecular flexibility index (Phi) is 3.62. The summed E-state index contributed by atoms with van der Waals surface area (Å²) in [6.07, 6.45) is 0. The first-order valence-corrected chi connectivity index (χ1v) is 7.10. The molecule has 0 bridgehead atoms. The summed E-state index contributed by atoms with van der Waals surface area (Å²) in [5, 5.41) is 10.5. The van der Waals surface area contributed by atoms with Crippen molar-refractivity contribution in [2.45, 2.75) is 20.0 Å². The van der Waals surface area contributed by atoms with Crippen LogP contribution in [0.5, 0.6) is 0 Å². The lowest BCUT2D eigenvalue weighted by atomic mass is 10.1. The van der Waals surface area contributed by atoms with Crippen LogP contribution in [0.3, 0.4) is 0 Å². The number of amides is 2. The van der Waals surface area contributed by atoms with Gasteiger partial charge < -0.3 is 14.8 Å². The molecule has 2 aromatic rings. The summed E-state index contributed by atoms with van der Waals surface area (Å²) in [6.45, 7) is 3.36. The van der Waals surface area contributed by atoms with Gasteiger partial charge in [-0.25, -0.2) is 0 Å². The monoisotopic (exact) mass is 299 g/mol. The molecule has 0 saturated heterocycles. The van der Waals surface area contributed by atoms with Gasteiger partial charge in [0, 0.05) is 25.7 Å². The van der Waals surface area contributed by atoms with E-state index in [2.05, 4.69) is 15.5 Å². The Bertz CT molecular complexity index is 737. The average Bonchev–Trinajstić information content (AvgIpc) is 2.96. The van der Waals surface area contributed by atoms with E-state index in [-0.39, 0.29) is 11.8 Å². The van der Waals surface area contributed by atoms with Crippen molar-refractivity contribution >= 4 is 11.8 Å². The quantitative estimate of drug-likeness (QED) is 0.880. The van der Waals surface area contributed by atoms with Gasteiger partial charge in [0.05, 0.1) is 6.54 Å². The van der Waals surface area contributed by atoms with E-state index in [9.17, 15) is 9.59 Å². The second-order valence-corrected chi connectivity index (χ2v) is 5.27. The molecule has 7 heteroatoms. The Morgan fingerprint density at radius 1 is 1.23 bits per heavy atom. The molecule has 0 saturated carbocycles. The predicted molar refractivity (Wildman–Crippen MR) is 79.3 cm³/mol. The van der Waals surface area contributed by atoms with Crippen LogP contribution in [0.4, 0.5) is 0 Å². The first-order valence-electron chi connectivity index (χ1n) is 7.10. The van der Waals surface area contributed by atoms with Gasteiger partial charge in [-0.3, -0.25) is 9.59 Å². The molecule has 0 aliphatic carbocycles. The first-order chi connectivity index (χ1) is 10.6. The van der Waals surface area contributed by atoms with Crippen molar-refractivity contribution in [2.24, 2.45) is 0 Å². The highest BCUT2D eigenvalue weighted by Gasteiger charge is 2.27. The molecule has 1 N–H and O–H groups in total. The van der Waals surface area contributed by atoms with E-state index in [4.69, 9.17) is 0 Å².